The zero-order chi connectivity index (χ0) is 28.9. The maximum Gasteiger partial charge on any atom is 0.229 e. The molecule has 2 heterocycles. The number of benzene rings is 3. The number of carbonyl (C=O) groups excluding carboxylic acids is 2. The highest BCUT2D eigenvalue weighted by Gasteiger charge is 2.47. The van der Waals surface area contributed by atoms with E-state index in [1.807, 2.05) is 65.6 Å². The Morgan fingerprint density at radius 1 is 0.857 bits per heavy atom. The lowest BCUT2D eigenvalue weighted by atomic mass is 9.77. The second-order valence-corrected chi connectivity index (χ2v) is 13.5. The van der Waals surface area contributed by atoms with Crippen molar-refractivity contribution in [3.63, 3.8) is 0 Å². The first-order valence-corrected chi connectivity index (χ1v) is 16.3. The number of likely N-dealkylation sites (tertiary alicyclic amines) is 2. The number of nitrogens with one attached hydrogen (secondary N) is 1. The Labute approximate surface area is 255 Å². The number of hydrogen-bond acceptors (Lipinski definition) is 5. The molecule has 7 nitrogen and oxygen atoms in total. The predicted octanol–water partition coefficient (Wildman–Crippen LogP) is 4.82. The Kier molecular flexibility index (Phi) is 10.5. The van der Waals surface area contributed by atoms with Crippen molar-refractivity contribution in [3.8, 4) is 0 Å². The molecule has 0 radical (unpaired) electrons. The molecule has 0 bridgehead atoms. The van der Waals surface area contributed by atoms with E-state index in [9.17, 15) is 18.0 Å². The Bertz CT molecular complexity index is 1440. The minimum Gasteiger partial charge on any atom is -0.351 e. The van der Waals surface area contributed by atoms with Crippen molar-refractivity contribution in [2.24, 2.45) is 5.41 Å². The largest absolute Gasteiger partial charge is 0.351 e. The van der Waals surface area contributed by atoms with Crippen LogP contribution in [0.15, 0.2) is 89.8 Å². The molecule has 3 aromatic rings. The molecule has 0 saturated carbocycles. The summed E-state index contributed by atoms with van der Waals surface area (Å²) >= 11 is 0. The van der Waals surface area contributed by atoms with E-state index in [1.165, 1.54) is 6.26 Å². The molecule has 0 aromatic heterocycles. The number of hydrogen-bond donors (Lipinski definition) is 1. The lowest BCUT2D eigenvalue weighted by molar-refractivity contribution is -0.138. The summed E-state index contributed by atoms with van der Waals surface area (Å²) in [7, 11) is -3.24. The highest BCUT2D eigenvalue weighted by molar-refractivity contribution is 7.90. The summed E-state index contributed by atoms with van der Waals surface area (Å²) < 4.78 is 23.5. The summed E-state index contributed by atoms with van der Waals surface area (Å²) in [6.45, 7) is 4.23. The van der Waals surface area contributed by atoms with Gasteiger partial charge in [0.05, 0.1) is 16.2 Å². The van der Waals surface area contributed by atoms with Gasteiger partial charge in [0, 0.05) is 25.9 Å². The highest BCUT2D eigenvalue weighted by atomic mass is 35.5. The zero-order valence-corrected chi connectivity index (χ0v) is 25.7. The van der Waals surface area contributed by atoms with Gasteiger partial charge in [-0.25, -0.2) is 8.42 Å². The molecule has 5 rings (SSSR count). The molecule has 3 aromatic carbocycles. The molecule has 1 N–H and O–H groups in total. The fourth-order valence-electron chi connectivity index (χ4n) is 6.13. The predicted molar refractivity (Wildman–Crippen MR) is 167 cm³/mol. The van der Waals surface area contributed by atoms with Crippen LogP contribution in [0.4, 0.5) is 0 Å². The molecular weight excluding hydrogens is 570 g/mol. The Morgan fingerprint density at radius 2 is 1.45 bits per heavy atom. The molecule has 2 aliphatic heterocycles. The van der Waals surface area contributed by atoms with Crippen LogP contribution >= 0.6 is 12.4 Å². The van der Waals surface area contributed by atoms with E-state index in [-0.39, 0.29) is 35.6 Å². The Morgan fingerprint density at radius 3 is 2.07 bits per heavy atom. The number of amides is 2. The van der Waals surface area contributed by atoms with Crippen LogP contribution in [0.5, 0.6) is 0 Å². The standard InChI is InChI=1S/C33H39N3O4S.ClH/c1-41(39,40)29-14-12-27(13-15-29)25-36-23-19-33(32(36)38)17-21-35(22-18-33)20-16-30(28-10-6-3-7-11-28)31(37)34-24-26-8-4-2-5-9-26;/h2-15,30H,16-25H2,1H3,(H,34,37);1H. The van der Waals surface area contributed by atoms with Crippen molar-refractivity contribution in [1.82, 2.24) is 15.1 Å². The van der Waals surface area contributed by atoms with Crippen molar-refractivity contribution >= 4 is 34.1 Å². The van der Waals surface area contributed by atoms with Crippen molar-refractivity contribution in [2.75, 3.05) is 32.4 Å². The van der Waals surface area contributed by atoms with Crippen LogP contribution in [0.25, 0.3) is 0 Å². The molecule has 2 saturated heterocycles. The summed E-state index contributed by atoms with van der Waals surface area (Å²) in [4.78, 5) is 31.4. The lowest BCUT2D eigenvalue weighted by Crippen LogP contribution is -2.45. The summed E-state index contributed by atoms with van der Waals surface area (Å²) in [5, 5.41) is 3.13. The van der Waals surface area contributed by atoms with Crippen LogP contribution in [-0.4, -0.2) is 62.5 Å². The molecule has 224 valence electrons. The highest BCUT2D eigenvalue weighted by Crippen LogP contribution is 2.42. The van der Waals surface area contributed by atoms with Gasteiger partial charge in [-0.05, 0) is 74.1 Å². The number of carbonyl (C=O) groups is 2. The molecular formula is C33H40ClN3O4S. The van der Waals surface area contributed by atoms with Crippen LogP contribution in [0, 0.1) is 5.41 Å². The van der Waals surface area contributed by atoms with Crippen molar-refractivity contribution < 1.29 is 18.0 Å². The third kappa shape index (κ3) is 7.60. The normalized spacial score (nSPS) is 17.5. The molecule has 2 amide bonds. The molecule has 0 aliphatic carbocycles. The molecule has 9 heteroatoms. The monoisotopic (exact) mass is 609 g/mol. The number of sulfone groups is 1. The SMILES string of the molecule is CS(=O)(=O)c1ccc(CN2CCC3(CCN(CCC(C(=O)NCc4ccccc4)c4ccccc4)CC3)C2=O)cc1.Cl. The van der Waals surface area contributed by atoms with Gasteiger partial charge in [-0.3, -0.25) is 9.59 Å². The topological polar surface area (TPSA) is 86.8 Å². The van der Waals surface area contributed by atoms with E-state index in [2.05, 4.69) is 10.2 Å². The smallest absolute Gasteiger partial charge is 0.229 e. The number of halogens is 1. The minimum atomic E-state index is -3.24. The zero-order valence-electron chi connectivity index (χ0n) is 24.1. The number of nitrogens with zero attached hydrogens (tertiary/aromatic N) is 2. The van der Waals surface area contributed by atoms with Crippen molar-refractivity contribution in [3.05, 3.63) is 102 Å². The van der Waals surface area contributed by atoms with E-state index >= 15 is 0 Å². The van der Waals surface area contributed by atoms with Crippen LogP contribution in [0.3, 0.4) is 0 Å². The van der Waals surface area contributed by atoms with Crippen LogP contribution in [0.1, 0.15) is 48.3 Å². The molecule has 2 aliphatic rings. The second kappa shape index (κ2) is 13.8. The second-order valence-electron chi connectivity index (χ2n) is 11.5. The Hall–Kier alpha value is -3.20. The lowest BCUT2D eigenvalue weighted by Gasteiger charge is -2.38. The van der Waals surface area contributed by atoms with Crippen LogP contribution in [-0.2, 0) is 32.5 Å². The average Bonchev–Trinajstić information content (AvgIpc) is 3.28. The fourth-order valence-corrected chi connectivity index (χ4v) is 6.76. The van der Waals surface area contributed by atoms with Gasteiger partial charge in [0.25, 0.3) is 0 Å². The first-order valence-electron chi connectivity index (χ1n) is 14.4. The van der Waals surface area contributed by atoms with Crippen LogP contribution in [0.2, 0.25) is 0 Å². The summed E-state index contributed by atoms with van der Waals surface area (Å²) in [6, 6.07) is 26.8. The molecule has 1 spiro atoms. The van der Waals surface area contributed by atoms with E-state index in [0.29, 0.717) is 18.0 Å². The van der Waals surface area contributed by atoms with Crippen LogP contribution < -0.4 is 5.32 Å². The van der Waals surface area contributed by atoms with Crippen molar-refractivity contribution in [1.29, 1.82) is 0 Å². The van der Waals surface area contributed by atoms with Crippen molar-refractivity contribution in [2.45, 2.75) is 49.6 Å². The van der Waals surface area contributed by atoms with Gasteiger partial charge in [0.1, 0.15) is 0 Å². The van der Waals surface area contributed by atoms with Gasteiger partial charge < -0.3 is 15.1 Å². The van der Waals surface area contributed by atoms with E-state index < -0.39 is 9.84 Å². The average molecular weight is 610 g/mol. The number of piperidine rings is 1. The third-order valence-corrected chi connectivity index (χ3v) is 9.83. The van der Waals surface area contributed by atoms with Gasteiger partial charge in [0.15, 0.2) is 9.84 Å². The van der Waals surface area contributed by atoms with E-state index in [1.54, 1.807) is 24.3 Å². The summed E-state index contributed by atoms with van der Waals surface area (Å²) in [5.74, 6) is 0.0278. The fraction of sp³-hybridized carbons (Fsp3) is 0.394. The van der Waals surface area contributed by atoms with Gasteiger partial charge in [0.2, 0.25) is 11.8 Å². The first-order chi connectivity index (χ1) is 19.7. The first kappa shape index (κ1) is 31.7. The quantitative estimate of drug-likeness (QED) is 0.356. The van der Waals surface area contributed by atoms with Gasteiger partial charge in [-0.2, -0.15) is 0 Å². The maximum atomic E-state index is 13.5. The Balaban J connectivity index is 0.00000405. The maximum absolute atomic E-state index is 13.5. The van der Waals surface area contributed by atoms with Gasteiger partial charge >= 0.3 is 0 Å². The third-order valence-electron chi connectivity index (χ3n) is 8.70. The molecule has 42 heavy (non-hydrogen) atoms. The van der Waals surface area contributed by atoms with E-state index in [0.717, 1.165) is 68.6 Å². The van der Waals surface area contributed by atoms with Gasteiger partial charge in [-0.1, -0.05) is 72.8 Å². The number of rotatable bonds is 10. The molecule has 2 fully saturated rings. The summed E-state index contributed by atoms with van der Waals surface area (Å²) in [5.41, 5.74) is 2.74. The summed E-state index contributed by atoms with van der Waals surface area (Å²) in [6.07, 6.45) is 4.43. The molecule has 1 atom stereocenters. The van der Waals surface area contributed by atoms with E-state index in [4.69, 9.17) is 0 Å². The van der Waals surface area contributed by atoms with Gasteiger partial charge in [-0.15, -0.1) is 12.4 Å². The minimum absolute atomic E-state index is 0. The molecule has 1 unspecified atom stereocenters.